The van der Waals surface area contributed by atoms with Crippen molar-refractivity contribution in [1.82, 2.24) is 0 Å². The summed E-state index contributed by atoms with van der Waals surface area (Å²) in [5, 5.41) is 4.19. The van der Waals surface area contributed by atoms with Crippen LogP contribution in [0.4, 0.5) is 11.4 Å². The van der Waals surface area contributed by atoms with E-state index >= 15 is 0 Å². The van der Waals surface area contributed by atoms with Crippen LogP contribution in [0.25, 0.3) is 0 Å². The highest BCUT2D eigenvalue weighted by molar-refractivity contribution is 6.36. The Morgan fingerprint density at radius 3 is 2.64 bits per heavy atom. The maximum atomic E-state index is 12.5. The number of nitrogens with zero attached hydrogens (tertiary/aromatic N) is 1. The van der Waals surface area contributed by atoms with Crippen LogP contribution < -0.4 is 10.2 Å². The highest BCUT2D eigenvalue weighted by atomic mass is 35.5. The van der Waals surface area contributed by atoms with E-state index in [1.807, 2.05) is 13.0 Å². The molecule has 130 valence electrons. The van der Waals surface area contributed by atoms with Crippen molar-refractivity contribution in [3.05, 3.63) is 57.0 Å². The van der Waals surface area contributed by atoms with Crippen LogP contribution in [-0.2, 0) is 9.59 Å². The number of anilines is 2. The number of carbonyl (C=O) groups is 2. The average molecular weight is 398 g/mol. The molecule has 1 fully saturated rings. The molecule has 1 saturated heterocycles. The third-order valence-corrected chi connectivity index (χ3v) is 5.17. The first-order valence-corrected chi connectivity index (χ1v) is 8.81. The summed E-state index contributed by atoms with van der Waals surface area (Å²) in [6, 6.07) is 10.2. The fourth-order valence-corrected chi connectivity index (χ4v) is 3.46. The molecule has 7 heteroatoms. The van der Waals surface area contributed by atoms with Gasteiger partial charge in [-0.1, -0.05) is 40.9 Å². The molecule has 0 saturated carbocycles. The molecule has 25 heavy (non-hydrogen) atoms. The lowest BCUT2D eigenvalue weighted by Gasteiger charge is -2.19. The Bertz CT molecular complexity index is 854. The smallest absolute Gasteiger partial charge is 0.229 e. The molecule has 1 atom stereocenters. The fourth-order valence-electron chi connectivity index (χ4n) is 2.83. The molecule has 2 aromatic carbocycles. The van der Waals surface area contributed by atoms with Gasteiger partial charge in [0.1, 0.15) is 0 Å². The van der Waals surface area contributed by atoms with Gasteiger partial charge in [-0.15, -0.1) is 0 Å². The van der Waals surface area contributed by atoms with E-state index in [9.17, 15) is 9.59 Å². The molecule has 2 amide bonds. The Morgan fingerprint density at radius 2 is 1.92 bits per heavy atom. The van der Waals surface area contributed by atoms with Gasteiger partial charge in [-0.3, -0.25) is 9.59 Å². The number of benzene rings is 2. The minimum absolute atomic E-state index is 0.104. The second kappa shape index (κ2) is 7.24. The molecule has 1 heterocycles. The Hall–Kier alpha value is -1.75. The van der Waals surface area contributed by atoms with Crippen LogP contribution in [0.3, 0.4) is 0 Å². The maximum absolute atomic E-state index is 12.5. The van der Waals surface area contributed by atoms with E-state index in [1.54, 1.807) is 35.2 Å². The molecule has 0 aromatic heterocycles. The van der Waals surface area contributed by atoms with Gasteiger partial charge in [0, 0.05) is 28.7 Å². The monoisotopic (exact) mass is 396 g/mol. The predicted octanol–water partition coefficient (Wildman–Crippen LogP) is 4.95. The van der Waals surface area contributed by atoms with Crippen molar-refractivity contribution in [2.45, 2.75) is 13.3 Å². The van der Waals surface area contributed by atoms with Crippen molar-refractivity contribution in [2.24, 2.45) is 5.92 Å². The largest absolute Gasteiger partial charge is 0.324 e. The second-order valence-electron chi connectivity index (χ2n) is 5.90. The van der Waals surface area contributed by atoms with Gasteiger partial charge in [-0.05, 0) is 42.8 Å². The molecular weight excluding hydrogens is 383 g/mol. The quantitative estimate of drug-likeness (QED) is 0.797. The number of hydrogen-bond donors (Lipinski definition) is 1. The first kappa shape index (κ1) is 18.1. The van der Waals surface area contributed by atoms with E-state index in [0.717, 1.165) is 11.3 Å². The Morgan fingerprint density at radius 1 is 1.16 bits per heavy atom. The average Bonchev–Trinajstić information content (AvgIpc) is 2.94. The van der Waals surface area contributed by atoms with Crippen LogP contribution in [0.2, 0.25) is 15.1 Å². The number of amides is 2. The zero-order chi connectivity index (χ0) is 18.1. The standard InChI is InChI=1S/C18H15Cl3N2O2/c1-10-13(20)3-2-4-16(10)23-9-11(7-17(23)24)18(25)22-15-6-5-12(19)8-14(15)21/h2-6,8,11H,7,9H2,1H3,(H,22,25). The minimum atomic E-state index is -0.461. The first-order valence-electron chi connectivity index (χ1n) is 7.68. The fraction of sp³-hybridized carbons (Fsp3) is 0.222. The number of halogens is 3. The lowest BCUT2D eigenvalue weighted by atomic mass is 10.1. The van der Waals surface area contributed by atoms with E-state index in [1.165, 1.54) is 0 Å². The lowest BCUT2D eigenvalue weighted by molar-refractivity contribution is -0.122. The molecule has 0 aliphatic carbocycles. The van der Waals surface area contributed by atoms with Gasteiger partial charge in [0.2, 0.25) is 11.8 Å². The molecule has 1 unspecified atom stereocenters. The molecule has 3 rings (SSSR count). The van der Waals surface area contributed by atoms with Crippen molar-refractivity contribution in [2.75, 3.05) is 16.8 Å². The van der Waals surface area contributed by atoms with Gasteiger partial charge in [-0.25, -0.2) is 0 Å². The van der Waals surface area contributed by atoms with Crippen LogP contribution in [-0.4, -0.2) is 18.4 Å². The minimum Gasteiger partial charge on any atom is -0.324 e. The molecule has 2 aromatic rings. The van der Waals surface area contributed by atoms with E-state index < -0.39 is 5.92 Å². The molecular formula is C18H15Cl3N2O2. The van der Waals surface area contributed by atoms with Gasteiger partial charge >= 0.3 is 0 Å². The third kappa shape index (κ3) is 3.76. The molecule has 0 radical (unpaired) electrons. The zero-order valence-corrected chi connectivity index (χ0v) is 15.6. The highest BCUT2D eigenvalue weighted by Gasteiger charge is 2.36. The molecule has 1 aliphatic heterocycles. The van der Waals surface area contributed by atoms with Crippen molar-refractivity contribution >= 4 is 58.0 Å². The number of nitrogens with one attached hydrogen (secondary N) is 1. The Balaban J connectivity index is 1.75. The van der Waals surface area contributed by atoms with Crippen LogP contribution in [0.5, 0.6) is 0 Å². The van der Waals surface area contributed by atoms with Gasteiger partial charge in [0.15, 0.2) is 0 Å². The van der Waals surface area contributed by atoms with Crippen LogP contribution in [0.1, 0.15) is 12.0 Å². The second-order valence-corrected chi connectivity index (χ2v) is 7.15. The van der Waals surface area contributed by atoms with Crippen molar-refractivity contribution < 1.29 is 9.59 Å². The molecule has 1 aliphatic rings. The van der Waals surface area contributed by atoms with Crippen LogP contribution >= 0.6 is 34.8 Å². The summed E-state index contributed by atoms with van der Waals surface area (Å²) in [6.07, 6.45) is 0.142. The summed E-state index contributed by atoms with van der Waals surface area (Å²) in [4.78, 5) is 26.5. The van der Waals surface area contributed by atoms with Gasteiger partial charge < -0.3 is 10.2 Å². The molecule has 0 bridgehead atoms. The number of carbonyl (C=O) groups excluding carboxylic acids is 2. The maximum Gasteiger partial charge on any atom is 0.229 e. The third-order valence-electron chi connectivity index (χ3n) is 4.21. The van der Waals surface area contributed by atoms with Crippen molar-refractivity contribution in [3.63, 3.8) is 0 Å². The predicted molar refractivity (Wildman–Crippen MR) is 102 cm³/mol. The lowest BCUT2D eigenvalue weighted by Crippen LogP contribution is -2.28. The zero-order valence-electron chi connectivity index (χ0n) is 13.4. The summed E-state index contributed by atoms with van der Waals surface area (Å²) < 4.78 is 0. The van der Waals surface area contributed by atoms with Crippen molar-refractivity contribution in [1.29, 1.82) is 0 Å². The van der Waals surface area contributed by atoms with E-state index in [4.69, 9.17) is 34.8 Å². The topological polar surface area (TPSA) is 49.4 Å². The molecule has 1 N–H and O–H groups in total. The van der Waals surface area contributed by atoms with Gasteiger partial charge in [0.25, 0.3) is 0 Å². The Kier molecular flexibility index (Phi) is 5.23. The SMILES string of the molecule is Cc1c(Cl)cccc1N1CC(C(=O)Nc2ccc(Cl)cc2Cl)CC1=O. The normalized spacial score (nSPS) is 17.0. The molecule has 0 spiro atoms. The summed E-state index contributed by atoms with van der Waals surface area (Å²) in [6.45, 7) is 2.16. The van der Waals surface area contributed by atoms with Crippen molar-refractivity contribution in [3.8, 4) is 0 Å². The highest BCUT2D eigenvalue weighted by Crippen LogP contribution is 2.32. The Labute approximate surface area is 160 Å². The number of hydrogen-bond acceptors (Lipinski definition) is 2. The van der Waals surface area contributed by atoms with E-state index in [0.29, 0.717) is 27.3 Å². The number of rotatable bonds is 3. The van der Waals surface area contributed by atoms with Gasteiger partial charge in [-0.2, -0.15) is 0 Å². The van der Waals surface area contributed by atoms with Crippen LogP contribution in [0.15, 0.2) is 36.4 Å². The summed E-state index contributed by atoms with van der Waals surface area (Å²) in [7, 11) is 0. The summed E-state index contributed by atoms with van der Waals surface area (Å²) in [5.74, 6) is -0.815. The molecule has 4 nitrogen and oxygen atoms in total. The van der Waals surface area contributed by atoms with E-state index in [2.05, 4.69) is 5.32 Å². The summed E-state index contributed by atoms with van der Waals surface area (Å²) >= 11 is 18.1. The van der Waals surface area contributed by atoms with E-state index in [-0.39, 0.29) is 18.2 Å². The van der Waals surface area contributed by atoms with Crippen LogP contribution in [0, 0.1) is 12.8 Å². The summed E-state index contributed by atoms with van der Waals surface area (Å²) in [5.41, 5.74) is 2.03. The first-order chi connectivity index (χ1) is 11.9. The van der Waals surface area contributed by atoms with Gasteiger partial charge in [0.05, 0.1) is 16.6 Å².